The van der Waals surface area contributed by atoms with Crippen LogP contribution in [0, 0.1) is 0 Å². The molecule has 0 bridgehead atoms. The van der Waals surface area contributed by atoms with E-state index in [0.29, 0.717) is 0 Å². The molecule has 0 spiro atoms. The van der Waals surface area contributed by atoms with Crippen LogP contribution in [0.5, 0.6) is 0 Å². The first kappa shape index (κ1) is 13.4. The van der Waals surface area contributed by atoms with Crippen molar-refractivity contribution in [3.63, 3.8) is 0 Å². The zero-order valence-electron chi connectivity index (χ0n) is 9.27. The molecule has 94 valence electrons. The first-order chi connectivity index (χ1) is 7.53. The molecule has 0 aromatic heterocycles. The average molecular weight is 251 g/mol. The molecule has 0 aromatic carbocycles. The van der Waals surface area contributed by atoms with Crippen molar-refractivity contribution in [3.05, 3.63) is 0 Å². The number of hydrogen-bond donors (Lipinski definition) is 1. The van der Waals surface area contributed by atoms with Crippen molar-refractivity contribution in [1.82, 2.24) is 4.89 Å². The molecule has 1 rings (SSSR count). The van der Waals surface area contributed by atoms with Crippen molar-refractivity contribution < 1.29 is 22.8 Å². The van der Waals surface area contributed by atoms with Crippen molar-refractivity contribution in [3.8, 4) is 0 Å². The van der Waals surface area contributed by atoms with E-state index in [9.17, 15) is 13.2 Å². The SMILES string of the molecule is CCOC(=O)CS(=O)(=O)NOC1CCCC1. The van der Waals surface area contributed by atoms with Crippen LogP contribution in [0.1, 0.15) is 32.6 Å². The lowest BCUT2D eigenvalue weighted by Gasteiger charge is -2.11. The van der Waals surface area contributed by atoms with Gasteiger partial charge in [0.05, 0.1) is 12.7 Å². The predicted molar refractivity (Wildman–Crippen MR) is 56.9 cm³/mol. The Hall–Kier alpha value is -0.660. The molecule has 16 heavy (non-hydrogen) atoms. The van der Waals surface area contributed by atoms with E-state index < -0.39 is 21.7 Å². The molecule has 0 amide bonds. The molecule has 1 N–H and O–H groups in total. The second kappa shape index (κ2) is 6.17. The fraction of sp³-hybridized carbons (Fsp3) is 0.889. The fourth-order valence-electron chi connectivity index (χ4n) is 1.53. The molecule has 7 heteroatoms. The third-order valence-corrected chi connectivity index (χ3v) is 3.22. The maximum Gasteiger partial charge on any atom is 0.322 e. The van der Waals surface area contributed by atoms with Crippen molar-refractivity contribution in [2.24, 2.45) is 0 Å². The molecule has 1 saturated carbocycles. The fourth-order valence-corrected chi connectivity index (χ4v) is 2.27. The van der Waals surface area contributed by atoms with Crippen molar-refractivity contribution in [1.29, 1.82) is 0 Å². The number of hydrogen-bond acceptors (Lipinski definition) is 5. The molecule has 0 aromatic rings. The van der Waals surface area contributed by atoms with E-state index in [-0.39, 0.29) is 12.7 Å². The molecule has 0 unspecified atom stereocenters. The minimum atomic E-state index is -3.74. The summed E-state index contributed by atoms with van der Waals surface area (Å²) in [5, 5.41) is 0. The summed E-state index contributed by atoms with van der Waals surface area (Å²) in [6, 6.07) is 0. The Bertz CT molecular complexity index is 321. The normalized spacial score (nSPS) is 17.6. The molecule has 1 aliphatic rings. The highest BCUT2D eigenvalue weighted by atomic mass is 32.2. The van der Waals surface area contributed by atoms with Crippen molar-refractivity contribution in [2.75, 3.05) is 12.4 Å². The van der Waals surface area contributed by atoms with Crippen LogP contribution >= 0.6 is 0 Å². The van der Waals surface area contributed by atoms with Gasteiger partial charge in [-0.1, -0.05) is 17.7 Å². The largest absolute Gasteiger partial charge is 0.465 e. The maximum atomic E-state index is 11.3. The van der Waals surface area contributed by atoms with E-state index in [1.807, 2.05) is 4.89 Å². The van der Waals surface area contributed by atoms with Crippen LogP contribution in [-0.4, -0.2) is 32.9 Å². The monoisotopic (exact) mass is 251 g/mol. The molecule has 0 radical (unpaired) electrons. The summed E-state index contributed by atoms with van der Waals surface area (Å²) in [6.07, 6.45) is 3.72. The van der Waals surface area contributed by atoms with E-state index in [4.69, 9.17) is 4.84 Å². The second-order valence-corrected chi connectivity index (χ2v) is 5.36. The van der Waals surface area contributed by atoms with Crippen molar-refractivity contribution in [2.45, 2.75) is 38.7 Å². The molecule has 6 nitrogen and oxygen atoms in total. The van der Waals surface area contributed by atoms with Crippen LogP contribution in [0.15, 0.2) is 0 Å². The molecule has 0 aliphatic heterocycles. The molecular formula is C9H17NO5S. The van der Waals surface area contributed by atoms with Gasteiger partial charge < -0.3 is 4.74 Å². The lowest BCUT2D eigenvalue weighted by Crippen LogP contribution is -2.33. The highest BCUT2D eigenvalue weighted by molar-refractivity contribution is 7.90. The molecule has 0 atom stereocenters. The van der Waals surface area contributed by atoms with Crippen LogP contribution < -0.4 is 4.89 Å². The van der Waals surface area contributed by atoms with Crippen LogP contribution in [0.25, 0.3) is 0 Å². The lowest BCUT2D eigenvalue weighted by molar-refractivity contribution is -0.140. The van der Waals surface area contributed by atoms with Gasteiger partial charge in [-0.25, -0.2) is 8.42 Å². The summed E-state index contributed by atoms with van der Waals surface area (Å²) in [4.78, 5) is 17.9. The Balaban J connectivity index is 2.30. The number of ether oxygens (including phenoxy) is 1. The zero-order valence-corrected chi connectivity index (χ0v) is 10.1. The Morgan fingerprint density at radius 1 is 1.38 bits per heavy atom. The molecule has 1 aliphatic carbocycles. The van der Waals surface area contributed by atoms with Gasteiger partial charge in [-0.05, 0) is 19.8 Å². The first-order valence-electron chi connectivity index (χ1n) is 5.34. The van der Waals surface area contributed by atoms with Gasteiger partial charge in [-0.15, -0.1) is 0 Å². The van der Waals surface area contributed by atoms with Crippen LogP contribution in [-0.2, 0) is 24.4 Å². The van der Waals surface area contributed by atoms with Crippen LogP contribution in [0.4, 0.5) is 0 Å². The summed E-state index contributed by atoms with van der Waals surface area (Å²) >= 11 is 0. The molecular weight excluding hydrogens is 234 g/mol. The molecule has 1 fully saturated rings. The number of sulfonamides is 1. The van der Waals surface area contributed by atoms with Gasteiger partial charge in [0.2, 0.25) is 10.0 Å². The van der Waals surface area contributed by atoms with E-state index in [1.165, 1.54) is 0 Å². The van der Waals surface area contributed by atoms with Crippen LogP contribution in [0.2, 0.25) is 0 Å². The standard InChI is InChI=1S/C9H17NO5S/c1-2-14-9(11)7-16(12,13)10-15-8-5-3-4-6-8/h8,10H,2-7H2,1H3. The zero-order chi connectivity index (χ0) is 12.0. The number of carbonyl (C=O) groups excluding carboxylic acids is 1. The third kappa shape index (κ3) is 4.91. The summed E-state index contributed by atoms with van der Waals surface area (Å²) < 4.78 is 27.2. The predicted octanol–water partition coefficient (Wildman–Crippen LogP) is 0.343. The summed E-state index contributed by atoms with van der Waals surface area (Å²) in [6.45, 7) is 1.78. The summed E-state index contributed by atoms with van der Waals surface area (Å²) in [5.74, 6) is -1.47. The van der Waals surface area contributed by atoms with Gasteiger partial charge in [0.1, 0.15) is 0 Å². The number of rotatable bonds is 6. The van der Waals surface area contributed by atoms with Gasteiger partial charge in [0.25, 0.3) is 0 Å². The molecule has 0 saturated heterocycles. The Morgan fingerprint density at radius 2 is 2.00 bits per heavy atom. The Morgan fingerprint density at radius 3 is 2.56 bits per heavy atom. The maximum absolute atomic E-state index is 11.3. The number of carbonyl (C=O) groups is 1. The van der Waals surface area contributed by atoms with Gasteiger partial charge >= 0.3 is 5.97 Å². The summed E-state index contributed by atoms with van der Waals surface area (Å²) in [7, 11) is -3.74. The Labute approximate surface area is 95.3 Å². The van der Waals surface area contributed by atoms with Gasteiger partial charge in [0.15, 0.2) is 5.75 Å². The minimum absolute atomic E-state index is 0.0722. The average Bonchev–Trinajstić information content (AvgIpc) is 2.66. The topological polar surface area (TPSA) is 81.7 Å². The van der Waals surface area contributed by atoms with Gasteiger partial charge in [-0.2, -0.15) is 0 Å². The van der Waals surface area contributed by atoms with Gasteiger partial charge in [-0.3, -0.25) is 9.63 Å². The summed E-state index contributed by atoms with van der Waals surface area (Å²) in [5.41, 5.74) is 0. The number of nitrogens with one attached hydrogen (secondary N) is 1. The van der Waals surface area contributed by atoms with E-state index in [1.54, 1.807) is 6.92 Å². The highest BCUT2D eigenvalue weighted by Crippen LogP contribution is 2.20. The molecule has 0 heterocycles. The third-order valence-electron chi connectivity index (χ3n) is 2.26. The van der Waals surface area contributed by atoms with E-state index >= 15 is 0 Å². The van der Waals surface area contributed by atoms with E-state index in [2.05, 4.69) is 4.74 Å². The first-order valence-corrected chi connectivity index (χ1v) is 6.99. The quantitative estimate of drug-likeness (QED) is 0.544. The minimum Gasteiger partial charge on any atom is -0.465 e. The van der Waals surface area contributed by atoms with E-state index in [0.717, 1.165) is 25.7 Å². The van der Waals surface area contributed by atoms with Gasteiger partial charge in [0, 0.05) is 0 Å². The van der Waals surface area contributed by atoms with Crippen LogP contribution in [0.3, 0.4) is 0 Å². The smallest absolute Gasteiger partial charge is 0.322 e. The lowest BCUT2D eigenvalue weighted by atomic mass is 10.3. The number of esters is 1. The second-order valence-electron chi connectivity index (χ2n) is 3.67. The van der Waals surface area contributed by atoms with Crippen molar-refractivity contribution >= 4 is 16.0 Å². The highest BCUT2D eigenvalue weighted by Gasteiger charge is 2.21. The Kier molecular flexibility index (Phi) is 5.17.